The number of hydrogen-bond donors (Lipinski definition) is 0. The van der Waals surface area contributed by atoms with Crippen molar-refractivity contribution < 1.29 is 0 Å². The van der Waals surface area contributed by atoms with E-state index in [2.05, 4.69) is 67.3 Å². The molecule has 0 spiro atoms. The van der Waals surface area contributed by atoms with Gasteiger partial charge in [-0.25, -0.2) is 0 Å². The molecular formula is C15H18NP. The van der Waals surface area contributed by atoms with Gasteiger partial charge in [0.15, 0.2) is 0 Å². The first-order valence-electron chi connectivity index (χ1n) is 5.81. The molecule has 0 aliphatic heterocycles. The molecule has 1 nitrogen and oxygen atoms in total. The zero-order valence-electron chi connectivity index (χ0n) is 10.4. The van der Waals surface area contributed by atoms with Gasteiger partial charge in [0.25, 0.3) is 0 Å². The minimum Gasteiger partial charge on any atom is -0.302 e. The van der Waals surface area contributed by atoms with E-state index in [9.17, 15) is 0 Å². The summed E-state index contributed by atoms with van der Waals surface area (Å²) in [7, 11) is 0.549. The van der Waals surface area contributed by atoms with Crippen molar-refractivity contribution in [2.24, 2.45) is 4.74 Å². The van der Waals surface area contributed by atoms with Gasteiger partial charge in [0, 0.05) is 20.3 Å². The molecule has 2 aromatic rings. The summed E-state index contributed by atoms with van der Waals surface area (Å²) in [6.45, 7) is 2.30. The summed E-state index contributed by atoms with van der Waals surface area (Å²) < 4.78 is 4.70. The van der Waals surface area contributed by atoms with Crippen LogP contribution in [0.3, 0.4) is 0 Å². The summed E-state index contributed by atoms with van der Waals surface area (Å²) in [4.78, 5) is 0. The van der Waals surface area contributed by atoms with Crippen molar-refractivity contribution in [2.45, 2.75) is 6.16 Å². The van der Waals surface area contributed by atoms with Gasteiger partial charge in [-0.3, -0.25) is 0 Å². The molecule has 0 aromatic heterocycles. The van der Waals surface area contributed by atoms with E-state index in [1.165, 1.54) is 10.9 Å². The third-order valence-electron chi connectivity index (χ3n) is 3.09. The second kappa shape index (κ2) is 5.33. The van der Waals surface area contributed by atoms with Gasteiger partial charge in [0.2, 0.25) is 0 Å². The second-order valence-electron chi connectivity index (χ2n) is 4.32. The predicted octanol–water partition coefficient (Wildman–Crippen LogP) is 3.97. The molecule has 2 heteroatoms. The zero-order chi connectivity index (χ0) is 12.1. The van der Waals surface area contributed by atoms with Gasteiger partial charge in [-0.15, -0.1) is 0 Å². The van der Waals surface area contributed by atoms with E-state index in [-0.39, 0.29) is 0 Å². The molecule has 0 saturated carbocycles. The Bertz CT molecular complexity index is 517. The molecular weight excluding hydrogens is 225 g/mol. The van der Waals surface area contributed by atoms with Gasteiger partial charge in [-0.05, 0) is 17.5 Å². The van der Waals surface area contributed by atoms with Crippen LogP contribution in [0.4, 0.5) is 0 Å². The summed E-state index contributed by atoms with van der Waals surface area (Å²) in [5, 5.41) is 1.38. The number of nitrogens with zero attached hydrogens (tertiary/aromatic N) is 1. The molecule has 1 unspecified atom stereocenters. The van der Waals surface area contributed by atoms with Crippen molar-refractivity contribution in [1.29, 1.82) is 0 Å². The number of hydrogen-bond acceptors (Lipinski definition) is 1. The van der Waals surface area contributed by atoms with Gasteiger partial charge in [0.1, 0.15) is 0 Å². The summed E-state index contributed by atoms with van der Waals surface area (Å²) in [5.74, 6) is 0. The fraction of sp³-hybridized carbons (Fsp3) is 0.200. The normalized spacial score (nSPS) is 14.0. The largest absolute Gasteiger partial charge is 0.302 e. The highest BCUT2D eigenvalue weighted by atomic mass is 31.2. The molecule has 0 saturated heterocycles. The minimum absolute atomic E-state index is 1.05. The Balaban J connectivity index is 2.34. The quantitative estimate of drug-likeness (QED) is 0.723. The smallest absolute Gasteiger partial charge is 0.0265 e. The lowest BCUT2D eigenvalue weighted by atomic mass is 10.2. The van der Waals surface area contributed by atoms with Gasteiger partial charge < -0.3 is 4.74 Å². The van der Waals surface area contributed by atoms with Crippen LogP contribution in [0.1, 0.15) is 5.56 Å². The SMILES string of the molecule is CN=P(C)(Cc1ccccc1)c1ccccc1. The molecule has 1 atom stereocenters. The summed E-state index contributed by atoms with van der Waals surface area (Å²) in [6.07, 6.45) is 1.05. The molecule has 2 rings (SSSR count). The molecule has 88 valence electrons. The lowest BCUT2D eigenvalue weighted by molar-refractivity contribution is 1.35. The van der Waals surface area contributed by atoms with Crippen molar-refractivity contribution in [3.05, 3.63) is 66.2 Å². The molecule has 0 fully saturated rings. The van der Waals surface area contributed by atoms with Crippen LogP contribution >= 0.6 is 7.05 Å². The van der Waals surface area contributed by atoms with E-state index in [1.54, 1.807) is 0 Å². The van der Waals surface area contributed by atoms with Crippen LogP contribution in [-0.4, -0.2) is 13.7 Å². The minimum atomic E-state index is -1.40. The third-order valence-corrected chi connectivity index (χ3v) is 6.36. The van der Waals surface area contributed by atoms with Crippen LogP contribution in [0.15, 0.2) is 65.4 Å². The number of rotatable bonds is 3. The lowest BCUT2D eigenvalue weighted by Crippen LogP contribution is -2.05. The summed E-state index contributed by atoms with van der Waals surface area (Å²) >= 11 is 0. The van der Waals surface area contributed by atoms with E-state index in [1.807, 2.05) is 7.05 Å². The van der Waals surface area contributed by atoms with Crippen LogP contribution in [0.5, 0.6) is 0 Å². The third kappa shape index (κ3) is 2.87. The molecule has 0 amide bonds. The van der Waals surface area contributed by atoms with Crippen molar-refractivity contribution in [3.8, 4) is 0 Å². The Morgan fingerprint density at radius 1 is 0.882 bits per heavy atom. The Morgan fingerprint density at radius 2 is 1.41 bits per heavy atom. The monoisotopic (exact) mass is 243 g/mol. The highest BCUT2D eigenvalue weighted by Gasteiger charge is 2.14. The zero-order valence-corrected chi connectivity index (χ0v) is 11.3. The van der Waals surface area contributed by atoms with Gasteiger partial charge >= 0.3 is 0 Å². The molecule has 0 aliphatic rings. The maximum atomic E-state index is 4.70. The van der Waals surface area contributed by atoms with Gasteiger partial charge in [0.05, 0.1) is 0 Å². The highest BCUT2D eigenvalue weighted by Crippen LogP contribution is 2.47. The van der Waals surface area contributed by atoms with Crippen molar-refractivity contribution >= 4 is 12.4 Å². The van der Waals surface area contributed by atoms with Crippen molar-refractivity contribution in [2.75, 3.05) is 13.7 Å². The van der Waals surface area contributed by atoms with Crippen LogP contribution in [0, 0.1) is 0 Å². The fourth-order valence-electron chi connectivity index (χ4n) is 1.97. The first-order valence-corrected chi connectivity index (χ1v) is 8.18. The lowest BCUT2D eigenvalue weighted by Gasteiger charge is -2.19. The average Bonchev–Trinajstić information content (AvgIpc) is 2.41. The van der Waals surface area contributed by atoms with E-state index < -0.39 is 7.05 Å². The van der Waals surface area contributed by atoms with Crippen LogP contribution in [0.2, 0.25) is 0 Å². The Kier molecular flexibility index (Phi) is 3.81. The van der Waals surface area contributed by atoms with Gasteiger partial charge in [-0.2, -0.15) is 0 Å². The molecule has 2 aromatic carbocycles. The highest BCUT2D eigenvalue weighted by molar-refractivity contribution is 7.72. The fourth-order valence-corrected chi connectivity index (χ4v) is 4.26. The second-order valence-corrected chi connectivity index (χ2v) is 7.83. The molecule has 0 N–H and O–H groups in total. The van der Waals surface area contributed by atoms with E-state index in [0.29, 0.717) is 0 Å². The standard InChI is InChI=1S/C15H18NP/c1-16-17(2,15-11-7-4-8-12-15)13-14-9-5-3-6-10-14/h3-12H,13H2,1-2H3. The molecule has 0 bridgehead atoms. The van der Waals surface area contributed by atoms with Crippen molar-refractivity contribution in [3.63, 3.8) is 0 Å². The Labute approximate surface area is 104 Å². The van der Waals surface area contributed by atoms with E-state index >= 15 is 0 Å². The predicted molar refractivity (Wildman–Crippen MR) is 77.4 cm³/mol. The van der Waals surface area contributed by atoms with Crippen molar-refractivity contribution in [1.82, 2.24) is 0 Å². The molecule has 0 heterocycles. The van der Waals surface area contributed by atoms with E-state index in [4.69, 9.17) is 4.74 Å². The molecule has 0 aliphatic carbocycles. The molecule has 17 heavy (non-hydrogen) atoms. The summed E-state index contributed by atoms with van der Waals surface area (Å²) in [6, 6.07) is 21.3. The topological polar surface area (TPSA) is 12.4 Å². The summed E-state index contributed by atoms with van der Waals surface area (Å²) in [5.41, 5.74) is 1.37. The maximum absolute atomic E-state index is 4.70. The first kappa shape index (κ1) is 12.1. The van der Waals surface area contributed by atoms with Gasteiger partial charge in [-0.1, -0.05) is 60.7 Å². The first-order chi connectivity index (χ1) is 8.24. The maximum Gasteiger partial charge on any atom is 0.0265 e. The Hall–Kier alpha value is -1.33. The average molecular weight is 243 g/mol. The van der Waals surface area contributed by atoms with Crippen LogP contribution in [0.25, 0.3) is 0 Å². The number of benzene rings is 2. The van der Waals surface area contributed by atoms with Crippen LogP contribution < -0.4 is 5.30 Å². The van der Waals surface area contributed by atoms with E-state index in [0.717, 1.165) is 6.16 Å². The Morgan fingerprint density at radius 3 is 1.94 bits per heavy atom. The molecule has 0 radical (unpaired) electrons. The van der Waals surface area contributed by atoms with Crippen LogP contribution in [-0.2, 0) is 6.16 Å².